The highest BCUT2D eigenvalue weighted by atomic mass is 35.5. The van der Waals surface area contributed by atoms with E-state index in [1.54, 1.807) is 16.8 Å². The number of thiazole rings is 2. The molecule has 2 aromatic heterocycles. The molecule has 2 aromatic rings. The maximum absolute atomic E-state index is 10.9. The minimum absolute atomic E-state index is 0.0374. The molecule has 0 saturated carbocycles. The topological polar surface area (TPSA) is 66.3 Å². The van der Waals surface area contributed by atoms with Gasteiger partial charge in [-0.3, -0.25) is 0 Å². The van der Waals surface area contributed by atoms with Crippen LogP contribution in [0.1, 0.15) is 20.2 Å². The molecule has 0 atom stereocenters. The second kappa shape index (κ2) is 5.21. The molecular weight excluding hydrogens is 294 g/mol. The van der Waals surface area contributed by atoms with Crippen molar-refractivity contribution in [2.24, 2.45) is 0 Å². The van der Waals surface area contributed by atoms with E-state index in [4.69, 9.17) is 16.7 Å². The second-order valence-corrected chi connectivity index (χ2v) is 5.91. The van der Waals surface area contributed by atoms with Crippen LogP contribution in [0.5, 0.6) is 0 Å². The number of carbonyl (C=O) groups is 1. The molecule has 0 fully saturated rings. The Morgan fingerprint density at radius 2 is 2.33 bits per heavy atom. The Balaban J connectivity index is 2.19. The summed E-state index contributed by atoms with van der Waals surface area (Å²) in [6, 6.07) is 0. The van der Waals surface area contributed by atoms with Crippen LogP contribution in [0, 0.1) is 6.92 Å². The summed E-state index contributed by atoms with van der Waals surface area (Å²) >= 11 is 8.41. The predicted molar refractivity (Wildman–Crippen MR) is 73.0 cm³/mol. The molecule has 0 aliphatic heterocycles. The second-order valence-electron chi connectivity index (χ2n) is 3.64. The Hall–Kier alpha value is -1.18. The molecule has 0 spiro atoms. The van der Waals surface area contributed by atoms with Crippen LogP contribution in [0.15, 0.2) is 5.51 Å². The average molecular weight is 304 g/mol. The van der Waals surface area contributed by atoms with Gasteiger partial charge < -0.3 is 10.0 Å². The lowest BCUT2D eigenvalue weighted by atomic mass is 10.4. The molecule has 0 bridgehead atoms. The Labute approximate surface area is 117 Å². The SMILES string of the molecule is Cc1ncsc1CN(C)c1nc(Cl)c(C(=O)O)s1. The molecule has 2 rings (SSSR count). The van der Waals surface area contributed by atoms with Gasteiger partial charge in [-0.05, 0) is 6.92 Å². The van der Waals surface area contributed by atoms with Gasteiger partial charge in [-0.25, -0.2) is 14.8 Å². The van der Waals surface area contributed by atoms with Crippen LogP contribution in [0.4, 0.5) is 5.13 Å². The van der Waals surface area contributed by atoms with E-state index in [1.165, 1.54) is 0 Å². The van der Waals surface area contributed by atoms with Crippen LogP contribution in [0.2, 0.25) is 5.15 Å². The molecule has 5 nitrogen and oxygen atoms in total. The molecule has 0 radical (unpaired) electrons. The standard InChI is InChI=1S/C10H10ClN3O2S2/c1-5-6(17-4-12-5)3-14(2)10-13-8(11)7(18-10)9(15)16/h4H,3H2,1-2H3,(H,15,16). The molecule has 0 aromatic carbocycles. The van der Waals surface area contributed by atoms with Crippen LogP contribution >= 0.6 is 34.3 Å². The fourth-order valence-electron chi connectivity index (χ4n) is 1.35. The number of rotatable bonds is 4. The number of aromatic nitrogens is 2. The monoisotopic (exact) mass is 303 g/mol. The molecule has 0 aliphatic carbocycles. The fraction of sp³-hybridized carbons (Fsp3) is 0.300. The first-order valence-electron chi connectivity index (χ1n) is 4.98. The molecule has 8 heteroatoms. The van der Waals surface area contributed by atoms with Crippen molar-refractivity contribution in [2.75, 3.05) is 11.9 Å². The lowest BCUT2D eigenvalue weighted by Crippen LogP contribution is -2.15. The Morgan fingerprint density at radius 3 is 2.83 bits per heavy atom. The first kappa shape index (κ1) is 13.3. The first-order chi connectivity index (χ1) is 8.49. The average Bonchev–Trinajstić information content (AvgIpc) is 2.86. The molecule has 96 valence electrons. The van der Waals surface area contributed by atoms with E-state index in [1.807, 2.05) is 18.9 Å². The number of aryl methyl sites for hydroxylation is 1. The molecular formula is C10H10ClN3O2S2. The van der Waals surface area contributed by atoms with Crippen LogP contribution in [0.3, 0.4) is 0 Å². The summed E-state index contributed by atoms with van der Waals surface area (Å²) < 4.78 is 0. The van der Waals surface area contributed by atoms with Crippen LogP contribution in [0.25, 0.3) is 0 Å². The largest absolute Gasteiger partial charge is 0.477 e. The van der Waals surface area contributed by atoms with Crippen molar-refractivity contribution < 1.29 is 9.90 Å². The van der Waals surface area contributed by atoms with Crippen LogP contribution in [-0.2, 0) is 6.54 Å². The molecule has 2 heterocycles. The molecule has 18 heavy (non-hydrogen) atoms. The minimum Gasteiger partial charge on any atom is -0.477 e. The van der Waals surface area contributed by atoms with E-state index < -0.39 is 5.97 Å². The van der Waals surface area contributed by atoms with E-state index in [-0.39, 0.29) is 10.0 Å². The highest BCUT2D eigenvalue weighted by Crippen LogP contribution is 2.30. The smallest absolute Gasteiger partial charge is 0.349 e. The summed E-state index contributed by atoms with van der Waals surface area (Å²) in [5.74, 6) is -1.05. The number of aromatic carboxylic acids is 1. The van der Waals surface area contributed by atoms with Crippen molar-refractivity contribution in [2.45, 2.75) is 13.5 Å². The third-order valence-corrected chi connectivity index (χ3v) is 4.78. The number of hydrogen-bond donors (Lipinski definition) is 1. The summed E-state index contributed by atoms with van der Waals surface area (Å²) in [6.45, 7) is 2.58. The Kier molecular flexibility index (Phi) is 3.84. The van der Waals surface area contributed by atoms with Gasteiger partial charge in [0.25, 0.3) is 0 Å². The van der Waals surface area contributed by atoms with Gasteiger partial charge >= 0.3 is 5.97 Å². The molecule has 0 aliphatic rings. The van der Waals surface area contributed by atoms with Gasteiger partial charge in [0.2, 0.25) is 0 Å². The Morgan fingerprint density at radius 1 is 1.61 bits per heavy atom. The Bertz CT molecular complexity index is 581. The highest BCUT2D eigenvalue weighted by Gasteiger charge is 2.18. The lowest BCUT2D eigenvalue weighted by Gasteiger charge is -2.14. The number of carboxylic acids is 1. The molecule has 1 N–H and O–H groups in total. The third kappa shape index (κ3) is 2.63. The van der Waals surface area contributed by atoms with Crippen molar-refractivity contribution >= 4 is 45.4 Å². The first-order valence-corrected chi connectivity index (χ1v) is 7.06. The van der Waals surface area contributed by atoms with Gasteiger partial charge in [0.15, 0.2) is 15.2 Å². The quantitative estimate of drug-likeness (QED) is 0.940. The van der Waals surface area contributed by atoms with E-state index in [0.717, 1.165) is 21.9 Å². The van der Waals surface area contributed by atoms with Gasteiger partial charge in [-0.15, -0.1) is 11.3 Å². The van der Waals surface area contributed by atoms with Crippen molar-refractivity contribution in [1.29, 1.82) is 0 Å². The molecule has 0 unspecified atom stereocenters. The van der Waals surface area contributed by atoms with Crippen molar-refractivity contribution in [3.05, 3.63) is 26.1 Å². The number of carboxylic acid groups (broad SMARTS) is 1. The number of halogens is 1. The van der Waals surface area contributed by atoms with Crippen molar-refractivity contribution in [1.82, 2.24) is 9.97 Å². The lowest BCUT2D eigenvalue weighted by molar-refractivity contribution is 0.0702. The molecule has 0 saturated heterocycles. The predicted octanol–water partition coefficient (Wildman–Crippen LogP) is 2.90. The summed E-state index contributed by atoms with van der Waals surface area (Å²) in [5, 5.41) is 9.55. The normalized spacial score (nSPS) is 10.6. The van der Waals surface area contributed by atoms with E-state index in [0.29, 0.717) is 11.7 Å². The summed E-state index contributed by atoms with van der Waals surface area (Å²) in [5.41, 5.74) is 2.77. The fourth-order valence-corrected chi connectivity index (χ4v) is 3.26. The highest BCUT2D eigenvalue weighted by molar-refractivity contribution is 7.18. The molecule has 0 amide bonds. The summed E-state index contributed by atoms with van der Waals surface area (Å²) in [6.07, 6.45) is 0. The number of nitrogens with zero attached hydrogens (tertiary/aromatic N) is 3. The van der Waals surface area contributed by atoms with Gasteiger partial charge in [-0.1, -0.05) is 22.9 Å². The maximum atomic E-state index is 10.9. The zero-order valence-corrected chi connectivity index (χ0v) is 12.1. The van der Waals surface area contributed by atoms with E-state index in [9.17, 15) is 4.79 Å². The number of hydrogen-bond acceptors (Lipinski definition) is 6. The van der Waals surface area contributed by atoms with Gasteiger partial charge in [-0.2, -0.15) is 0 Å². The van der Waals surface area contributed by atoms with Gasteiger partial charge in [0.05, 0.1) is 17.7 Å². The van der Waals surface area contributed by atoms with E-state index >= 15 is 0 Å². The van der Waals surface area contributed by atoms with Crippen molar-refractivity contribution in [3.63, 3.8) is 0 Å². The summed E-state index contributed by atoms with van der Waals surface area (Å²) in [7, 11) is 1.85. The minimum atomic E-state index is -1.05. The zero-order valence-electron chi connectivity index (χ0n) is 9.68. The van der Waals surface area contributed by atoms with Crippen LogP contribution < -0.4 is 4.90 Å². The zero-order chi connectivity index (χ0) is 13.3. The van der Waals surface area contributed by atoms with E-state index in [2.05, 4.69) is 9.97 Å². The summed E-state index contributed by atoms with van der Waals surface area (Å²) in [4.78, 5) is 22.2. The van der Waals surface area contributed by atoms with Gasteiger partial charge in [0, 0.05) is 11.9 Å². The van der Waals surface area contributed by atoms with Crippen LogP contribution in [-0.4, -0.2) is 28.1 Å². The van der Waals surface area contributed by atoms with Gasteiger partial charge in [0.1, 0.15) is 0 Å². The maximum Gasteiger partial charge on any atom is 0.349 e. The van der Waals surface area contributed by atoms with Crippen molar-refractivity contribution in [3.8, 4) is 0 Å². The third-order valence-electron chi connectivity index (χ3n) is 2.32. The number of anilines is 1.